The lowest BCUT2D eigenvalue weighted by Gasteiger charge is -2.28. The molecule has 2 unspecified atom stereocenters. The topological polar surface area (TPSA) is 26.3 Å². The summed E-state index contributed by atoms with van der Waals surface area (Å²) in [5.41, 5.74) is 0.387. The number of ketones is 1. The lowest BCUT2D eigenvalue weighted by atomic mass is 9.88. The van der Waals surface area contributed by atoms with E-state index in [0.29, 0.717) is 11.5 Å². The van der Waals surface area contributed by atoms with Gasteiger partial charge in [-0.15, -0.1) is 0 Å². The average molecular weight is 250 g/mol. The second-order valence-corrected chi connectivity index (χ2v) is 5.04. The number of hydrogen-bond acceptors (Lipinski definition) is 2. The van der Waals surface area contributed by atoms with Crippen molar-refractivity contribution in [2.24, 2.45) is 5.92 Å². The minimum Gasteiger partial charge on any atom is -0.370 e. The van der Waals surface area contributed by atoms with E-state index in [1.807, 2.05) is 0 Å². The van der Waals surface area contributed by atoms with Gasteiger partial charge < -0.3 is 4.74 Å². The summed E-state index contributed by atoms with van der Waals surface area (Å²) in [6, 6.07) is 5.77. The number of benzene rings is 1. The van der Waals surface area contributed by atoms with Crippen molar-refractivity contribution in [1.82, 2.24) is 0 Å². The van der Waals surface area contributed by atoms with Crippen LogP contribution in [0, 0.1) is 11.7 Å². The number of ether oxygens (including phenoxy) is 1. The molecule has 0 heterocycles. The summed E-state index contributed by atoms with van der Waals surface area (Å²) < 4.78 is 18.7. The first-order valence-corrected chi connectivity index (χ1v) is 6.57. The Kier molecular flexibility index (Phi) is 4.48. The van der Waals surface area contributed by atoms with Crippen LogP contribution < -0.4 is 0 Å². The predicted molar refractivity (Wildman–Crippen MR) is 68.1 cm³/mol. The second-order valence-electron chi connectivity index (χ2n) is 5.04. The van der Waals surface area contributed by atoms with Crippen LogP contribution in [0.15, 0.2) is 24.3 Å². The van der Waals surface area contributed by atoms with Crippen LogP contribution in [-0.4, -0.2) is 18.5 Å². The van der Waals surface area contributed by atoms with Gasteiger partial charge in [0.05, 0.1) is 6.10 Å². The highest BCUT2D eigenvalue weighted by atomic mass is 19.1. The van der Waals surface area contributed by atoms with E-state index in [1.165, 1.54) is 31.4 Å². The molecule has 1 aliphatic rings. The maximum absolute atomic E-state index is 13.0. The largest absolute Gasteiger partial charge is 0.370 e. The van der Waals surface area contributed by atoms with Crippen LogP contribution in [0.3, 0.4) is 0 Å². The Bertz CT molecular complexity index is 417. The van der Waals surface area contributed by atoms with Gasteiger partial charge in [0.2, 0.25) is 0 Å². The fraction of sp³-hybridized carbons (Fsp3) is 0.533. The highest BCUT2D eigenvalue weighted by molar-refractivity contribution is 5.97. The zero-order valence-electron chi connectivity index (χ0n) is 10.7. The van der Waals surface area contributed by atoms with Crippen molar-refractivity contribution in [3.05, 3.63) is 35.6 Å². The van der Waals surface area contributed by atoms with Crippen LogP contribution in [0.1, 0.15) is 43.0 Å². The van der Waals surface area contributed by atoms with E-state index in [1.54, 1.807) is 12.1 Å². The molecule has 0 aliphatic heterocycles. The predicted octanol–water partition coefficient (Wildman–Crippen LogP) is 3.60. The Labute approximate surface area is 107 Å². The molecule has 2 atom stereocenters. The second kappa shape index (κ2) is 6.10. The minimum atomic E-state index is -0.383. The van der Waals surface area contributed by atoms with Crippen molar-refractivity contribution >= 4 is 5.78 Å². The van der Waals surface area contributed by atoms with E-state index >= 15 is 0 Å². The number of hydrogen-bond donors (Lipinski definition) is 0. The van der Waals surface area contributed by atoms with Gasteiger partial charge in [-0.05, 0) is 30.9 Å². The SMILES string of the molecule is CC1CCCCC1OCC(=O)c1cccc(F)c1. The van der Waals surface area contributed by atoms with Gasteiger partial charge in [0.25, 0.3) is 0 Å². The van der Waals surface area contributed by atoms with Gasteiger partial charge >= 0.3 is 0 Å². The first kappa shape index (κ1) is 13.2. The molecule has 1 saturated carbocycles. The van der Waals surface area contributed by atoms with Crippen LogP contribution in [0.5, 0.6) is 0 Å². The van der Waals surface area contributed by atoms with Crippen LogP contribution in [-0.2, 0) is 4.74 Å². The fourth-order valence-electron chi connectivity index (χ4n) is 2.46. The van der Waals surface area contributed by atoms with Crippen molar-refractivity contribution in [2.45, 2.75) is 38.7 Å². The van der Waals surface area contributed by atoms with E-state index in [-0.39, 0.29) is 24.3 Å². The Hall–Kier alpha value is -1.22. The smallest absolute Gasteiger partial charge is 0.188 e. The molecule has 2 rings (SSSR count). The van der Waals surface area contributed by atoms with Crippen molar-refractivity contribution in [3.63, 3.8) is 0 Å². The molecule has 3 heteroatoms. The summed E-state index contributed by atoms with van der Waals surface area (Å²) in [4.78, 5) is 11.9. The molecule has 0 N–H and O–H groups in total. The molecule has 0 amide bonds. The van der Waals surface area contributed by atoms with Gasteiger partial charge in [0.1, 0.15) is 12.4 Å². The molecule has 18 heavy (non-hydrogen) atoms. The summed E-state index contributed by atoms with van der Waals surface area (Å²) >= 11 is 0. The molecule has 0 radical (unpaired) electrons. The summed E-state index contributed by atoms with van der Waals surface area (Å²) in [6.07, 6.45) is 4.79. The summed E-state index contributed by atoms with van der Waals surface area (Å²) in [7, 11) is 0. The molecule has 1 fully saturated rings. The van der Waals surface area contributed by atoms with Crippen molar-refractivity contribution in [3.8, 4) is 0 Å². The monoisotopic (exact) mass is 250 g/mol. The molecule has 1 aromatic carbocycles. The van der Waals surface area contributed by atoms with Crippen molar-refractivity contribution < 1.29 is 13.9 Å². The quantitative estimate of drug-likeness (QED) is 0.763. The van der Waals surface area contributed by atoms with E-state index in [9.17, 15) is 9.18 Å². The van der Waals surface area contributed by atoms with Crippen LogP contribution in [0.25, 0.3) is 0 Å². The van der Waals surface area contributed by atoms with Gasteiger partial charge in [0.15, 0.2) is 5.78 Å². The number of Topliss-reactive ketones (excluding diaryl/α,β-unsaturated/α-hetero) is 1. The first-order chi connectivity index (χ1) is 8.66. The number of rotatable bonds is 4. The van der Waals surface area contributed by atoms with E-state index in [2.05, 4.69) is 6.92 Å². The maximum Gasteiger partial charge on any atom is 0.188 e. The molecular formula is C15H19FO2. The maximum atomic E-state index is 13.0. The minimum absolute atomic E-state index is 0.0540. The lowest BCUT2D eigenvalue weighted by molar-refractivity contribution is 0.000739. The Morgan fingerprint density at radius 2 is 2.17 bits per heavy atom. The third-order valence-corrected chi connectivity index (χ3v) is 3.61. The zero-order valence-corrected chi connectivity index (χ0v) is 10.7. The van der Waals surface area contributed by atoms with Gasteiger partial charge in [0, 0.05) is 5.56 Å². The lowest BCUT2D eigenvalue weighted by Crippen LogP contribution is -2.27. The van der Waals surface area contributed by atoms with Gasteiger partial charge in [-0.2, -0.15) is 0 Å². The third-order valence-electron chi connectivity index (χ3n) is 3.61. The molecule has 98 valence electrons. The molecule has 0 spiro atoms. The fourth-order valence-corrected chi connectivity index (χ4v) is 2.46. The zero-order chi connectivity index (χ0) is 13.0. The first-order valence-electron chi connectivity index (χ1n) is 6.57. The third kappa shape index (κ3) is 3.39. The number of halogens is 1. The van der Waals surface area contributed by atoms with Crippen LogP contribution >= 0.6 is 0 Å². The van der Waals surface area contributed by atoms with Gasteiger partial charge in [-0.1, -0.05) is 31.9 Å². The molecule has 0 saturated heterocycles. The highest BCUT2D eigenvalue weighted by Crippen LogP contribution is 2.26. The summed E-state index contributed by atoms with van der Waals surface area (Å²) in [5, 5.41) is 0. The average Bonchev–Trinajstić information content (AvgIpc) is 2.37. The molecule has 2 nitrogen and oxygen atoms in total. The van der Waals surface area contributed by atoms with Crippen molar-refractivity contribution in [2.75, 3.05) is 6.61 Å². The van der Waals surface area contributed by atoms with E-state index in [4.69, 9.17) is 4.74 Å². The molecule has 1 aromatic rings. The van der Waals surface area contributed by atoms with Crippen LogP contribution in [0.4, 0.5) is 4.39 Å². The summed E-state index contributed by atoms with van der Waals surface area (Å²) in [6.45, 7) is 2.22. The number of carbonyl (C=O) groups is 1. The molecule has 0 aromatic heterocycles. The van der Waals surface area contributed by atoms with Gasteiger partial charge in [-0.3, -0.25) is 4.79 Å². The Morgan fingerprint density at radius 1 is 1.39 bits per heavy atom. The van der Waals surface area contributed by atoms with Gasteiger partial charge in [-0.25, -0.2) is 4.39 Å². The standard InChI is InChI=1S/C15H19FO2/c1-11-5-2-3-8-15(11)18-10-14(17)12-6-4-7-13(16)9-12/h4,6-7,9,11,15H,2-3,5,8,10H2,1H3. The van der Waals surface area contributed by atoms with E-state index in [0.717, 1.165) is 6.42 Å². The molecular weight excluding hydrogens is 231 g/mol. The number of carbonyl (C=O) groups excluding carboxylic acids is 1. The molecule has 0 bridgehead atoms. The van der Waals surface area contributed by atoms with Crippen LogP contribution in [0.2, 0.25) is 0 Å². The summed E-state index contributed by atoms with van der Waals surface area (Å²) in [5.74, 6) is -0.0155. The normalized spacial score (nSPS) is 23.9. The Balaban J connectivity index is 1.88. The Morgan fingerprint density at radius 3 is 2.89 bits per heavy atom. The highest BCUT2D eigenvalue weighted by Gasteiger charge is 2.22. The van der Waals surface area contributed by atoms with Crippen molar-refractivity contribution in [1.29, 1.82) is 0 Å². The molecule has 1 aliphatic carbocycles. The van der Waals surface area contributed by atoms with E-state index < -0.39 is 0 Å².